The highest BCUT2D eigenvalue weighted by atomic mass is 79.9. The highest BCUT2D eigenvalue weighted by Gasteiger charge is 2.13. The van der Waals surface area contributed by atoms with Gasteiger partial charge in [-0.3, -0.25) is 9.59 Å². The number of anilines is 1. The van der Waals surface area contributed by atoms with Gasteiger partial charge in [-0.1, -0.05) is 28.1 Å². The van der Waals surface area contributed by atoms with E-state index in [4.69, 9.17) is 4.74 Å². The zero-order chi connectivity index (χ0) is 17.5. The zero-order valence-corrected chi connectivity index (χ0v) is 16.1. The molecule has 0 saturated heterocycles. The SMILES string of the molecule is CCNC(=O)c1ccccc1NC(=O)COc1ccc(Br)cc1Br. The van der Waals surface area contributed by atoms with Crippen LogP contribution >= 0.6 is 31.9 Å². The Labute approximate surface area is 157 Å². The predicted molar refractivity (Wildman–Crippen MR) is 100 cm³/mol. The number of carbonyl (C=O) groups is 2. The first-order chi connectivity index (χ1) is 11.5. The third-order valence-corrected chi connectivity index (χ3v) is 4.15. The largest absolute Gasteiger partial charge is 0.483 e. The average Bonchev–Trinajstić information content (AvgIpc) is 2.54. The lowest BCUT2D eigenvalue weighted by Crippen LogP contribution is -2.26. The Bertz CT molecular complexity index is 750. The maximum absolute atomic E-state index is 12.1. The molecule has 2 N–H and O–H groups in total. The first-order valence-corrected chi connectivity index (χ1v) is 8.84. The van der Waals surface area contributed by atoms with Crippen molar-refractivity contribution < 1.29 is 14.3 Å². The van der Waals surface area contributed by atoms with Crippen molar-refractivity contribution in [3.63, 3.8) is 0 Å². The first-order valence-electron chi connectivity index (χ1n) is 7.26. The summed E-state index contributed by atoms with van der Waals surface area (Å²) in [5, 5.41) is 5.42. The molecule has 0 fully saturated rings. The second-order valence-electron chi connectivity index (χ2n) is 4.82. The fraction of sp³-hybridized carbons (Fsp3) is 0.176. The number of amides is 2. The smallest absolute Gasteiger partial charge is 0.262 e. The highest BCUT2D eigenvalue weighted by Crippen LogP contribution is 2.28. The van der Waals surface area contributed by atoms with Gasteiger partial charge in [0.2, 0.25) is 0 Å². The molecule has 2 aromatic rings. The summed E-state index contributed by atoms with van der Waals surface area (Å²) >= 11 is 6.72. The maximum Gasteiger partial charge on any atom is 0.262 e. The molecule has 2 amide bonds. The van der Waals surface area contributed by atoms with E-state index in [1.165, 1.54) is 0 Å². The van der Waals surface area contributed by atoms with Crippen molar-refractivity contribution in [2.75, 3.05) is 18.5 Å². The molecule has 126 valence electrons. The van der Waals surface area contributed by atoms with Gasteiger partial charge in [0.25, 0.3) is 11.8 Å². The van der Waals surface area contributed by atoms with E-state index in [1.807, 2.05) is 19.1 Å². The van der Waals surface area contributed by atoms with Gasteiger partial charge >= 0.3 is 0 Å². The third kappa shape index (κ3) is 5.07. The van der Waals surface area contributed by atoms with Crippen LogP contribution in [0.4, 0.5) is 5.69 Å². The quantitative estimate of drug-likeness (QED) is 0.692. The van der Waals surface area contributed by atoms with Crippen molar-refractivity contribution in [2.24, 2.45) is 0 Å². The molecule has 2 aromatic carbocycles. The molecule has 0 saturated carbocycles. The lowest BCUT2D eigenvalue weighted by molar-refractivity contribution is -0.118. The van der Waals surface area contributed by atoms with Gasteiger partial charge < -0.3 is 15.4 Å². The summed E-state index contributed by atoms with van der Waals surface area (Å²) in [5.41, 5.74) is 0.865. The van der Waals surface area contributed by atoms with Crippen LogP contribution in [-0.4, -0.2) is 25.0 Å². The molecular formula is C17H16Br2N2O3. The fourth-order valence-corrected chi connectivity index (χ4v) is 3.13. The van der Waals surface area contributed by atoms with Crippen LogP contribution in [-0.2, 0) is 4.79 Å². The van der Waals surface area contributed by atoms with Crippen LogP contribution in [0.25, 0.3) is 0 Å². The normalized spacial score (nSPS) is 10.1. The van der Waals surface area contributed by atoms with Crippen LogP contribution in [0.5, 0.6) is 5.75 Å². The zero-order valence-electron chi connectivity index (χ0n) is 12.9. The minimum Gasteiger partial charge on any atom is -0.483 e. The van der Waals surface area contributed by atoms with E-state index in [2.05, 4.69) is 42.5 Å². The lowest BCUT2D eigenvalue weighted by atomic mass is 10.1. The Morgan fingerprint density at radius 1 is 1.12 bits per heavy atom. The highest BCUT2D eigenvalue weighted by molar-refractivity contribution is 9.11. The number of carbonyl (C=O) groups excluding carboxylic acids is 2. The van der Waals surface area contributed by atoms with Crippen LogP contribution in [0, 0.1) is 0 Å². The number of nitrogens with one attached hydrogen (secondary N) is 2. The van der Waals surface area contributed by atoms with Crippen molar-refractivity contribution in [1.82, 2.24) is 5.32 Å². The Morgan fingerprint density at radius 3 is 2.58 bits per heavy atom. The number of hydrogen-bond donors (Lipinski definition) is 2. The Kier molecular flexibility index (Phi) is 6.81. The average molecular weight is 456 g/mol. The number of rotatable bonds is 6. The summed E-state index contributed by atoms with van der Waals surface area (Å²) in [5.74, 6) is -0.0168. The summed E-state index contributed by atoms with van der Waals surface area (Å²) in [6.45, 7) is 2.19. The van der Waals surface area contributed by atoms with Gasteiger partial charge in [-0.05, 0) is 53.2 Å². The second kappa shape index (κ2) is 8.84. The predicted octanol–water partition coefficient (Wildman–Crippen LogP) is 3.98. The molecule has 0 aliphatic carbocycles. The van der Waals surface area contributed by atoms with Gasteiger partial charge in [-0.15, -0.1) is 0 Å². The van der Waals surface area contributed by atoms with Gasteiger partial charge in [0.1, 0.15) is 5.75 Å². The van der Waals surface area contributed by atoms with Crippen molar-refractivity contribution in [3.8, 4) is 5.75 Å². The first kappa shape index (κ1) is 18.5. The third-order valence-electron chi connectivity index (χ3n) is 3.04. The van der Waals surface area contributed by atoms with E-state index < -0.39 is 0 Å². The minimum absolute atomic E-state index is 0.163. The van der Waals surface area contributed by atoms with Crippen molar-refractivity contribution in [3.05, 3.63) is 57.0 Å². The topological polar surface area (TPSA) is 67.4 Å². The van der Waals surface area contributed by atoms with Crippen LogP contribution < -0.4 is 15.4 Å². The summed E-state index contributed by atoms with van der Waals surface area (Å²) in [6.07, 6.45) is 0. The Morgan fingerprint density at radius 2 is 1.88 bits per heavy atom. The molecule has 0 aliphatic heterocycles. The van der Waals surface area contributed by atoms with E-state index in [1.54, 1.807) is 30.3 Å². The summed E-state index contributed by atoms with van der Waals surface area (Å²) in [4.78, 5) is 24.1. The maximum atomic E-state index is 12.1. The monoisotopic (exact) mass is 454 g/mol. The second-order valence-corrected chi connectivity index (χ2v) is 6.59. The molecule has 7 heteroatoms. The lowest BCUT2D eigenvalue weighted by Gasteiger charge is -2.12. The van der Waals surface area contributed by atoms with Gasteiger partial charge in [-0.2, -0.15) is 0 Å². The molecule has 24 heavy (non-hydrogen) atoms. The molecule has 0 aromatic heterocycles. The van der Waals surface area contributed by atoms with E-state index in [-0.39, 0.29) is 18.4 Å². The number of para-hydroxylation sites is 1. The molecule has 2 rings (SSSR count). The minimum atomic E-state index is -0.346. The summed E-state index contributed by atoms with van der Waals surface area (Å²) < 4.78 is 7.14. The number of ether oxygens (including phenoxy) is 1. The molecule has 0 aliphatic rings. The van der Waals surface area contributed by atoms with Gasteiger partial charge in [-0.25, -0.2) is 0 Å². The van der Waals surface area contributed by atoms with Crippen molar-refractivity contribution >= 4 is 49.4 Å². The number of benzene rings is 2. The fourth-order valence-electron chi connectivity index (χ4n) is 1.97. The van der Waals surface area contributed by atoms with Gasteiger partial charge in [0.15, 0.2) is 6.61 Å². The number of hydrogen-bond acceptors (Lipinski definition) is 3. The molecule has 0 spiro atoms. The Balaban J connectivity index is 2.01. The van der Waals surface area contributed by atoms with E-state index in [9.17, 15) is 9.59 Å². The molecular weight excluding hydrogens is 440 g/mol. The van der Waals surface area contributed by atoms with Crippen LogP contribution in [0.2, 0.25) is 0 Å². The van der Waals surface area contributed by atoms with E-state index in [0.29, 0.717) is 23.5 Å². The molecule has 0 atom stereocenters. The van der Waals surface area contributed by atoms with E-state index >= 15 is 0 Å². The van der Waals surface area contributed by atoms with E-state index in [0.717, 1.165) is 8.95 Å². The molecule has 0 radical (unpaired) electrons. The van der Waals surface area contributed by atoms with Crippen LogP contribution in [0.1, 0.15) is 17.3 Å². The Hall–Kier alpha value is -1.86. The van der Waals surface area contributed by atoms with Crippen molar-refractivity contribution in [2.45, 2.75) is 6.92 Å². The molecule has 0 heterocycles. The van der Waals surface area contributed by atoms with Gasteiger partial charge in [0.05, 0.1) is 15.7 Å². The van der Waals surface area contributed by atoms with Crippen molar-refractivity contribution in [1.29, 1.82) is 0 Å². The molecule has 5 nitrogen and oxygen atoms in total. The van der Waals surface area contributed by atoms with Crippen LogP contribution in [0.3, 0.4) is 0 Å². The molecule has 0 unspecified atom stereocenters. The summed E-state index contributed by atoms with van der Waals surface area (Å²) in [6, 6.07) is 12.2. The summed E-state index contributed by atoms with van der Waals surface area (Å²) in [7, 11) is 0. The van der Waals surface area contributed by atoms with Gasteiger partial charge in [0, 0.05) is 11.0 Å². The standard InChI is InChI=1S/C17H16Br2N2O3/c1-2-20-17(23)12-5-3-4-6-14(12)21-16(22)10-24-15-8-7-11(18)9-13(15)19/h3-9H,2,10H2,1H3,(H,20,23)(H,21,22). The number of halogens is 2. The van der Waals surface area contributed by atoms with Crippen LogP contribution in [0.15, 0.2) is 51.4 Å². The molecule has 0 bridgehead atoms.